The summed E-state index contributed by atoms with van der Waals surface area (Å²) in [5.74, 6) is -1.05. The molecule has 0 N–H and O–H groups in total. The Morgan fingerprint density at radius 2 is 2.00 bits per heavy atom. The zero-order valence-electron chi connectivity index (χ0n) is 6.59. The lowest BCUT2D eigenvalue weighted by molar-refractivity contribution is -0.145. The third-order valence-electron chi connectivity index (χ3n) is 1.63. The molecule has 3 nitrogen and oxygen atoms in total. The Morgan fingerprint density at radius 1 is 1.29 bits per heavy atom. The van der Waals surface area contributed by atoms with Crippen LogP contribution in [-0.2, 0) is 6.18 Å². The predicted octanol–water partition coefficient (Wildman–Crippen LogP) is 2.40. The van der Waals surface area contributed by atoms with Crippen molar-refractivity contribution in [2.24, 2.45) is 0 Å². The number of aromatic nitrogens is 3. The van der Waals surface area contributed by atoms with Crippen LogP contribution >= 0.6 is 11.6 Å². The van der Waals surface area contributed by atoms with Gasteiger partial charge in [0.1, 0.15) is 0 Å². The maximum Gasteiger partial charge on any atom is 0.452 e. The highest BCUT2D eigenvalue weighted by molar-refractivity contribution is 6.30. The Bertz CT molecular complexity index is 476. The average molecular weight is 222 g/mol. The maximum absolute atomic E-state index is 12.3. The summed E-state index contributed by atoms with van der Waals surface area (Å²) >= 11 is 5.58. The zero-order valence-corrected chi connectivity index (χ0v) is 7.34. The van der Waals surface area contributed by atoms with E-state index in [-0.39, 0.29) is 5.65 Å². The summed E-state index contributed by atoms with van der Waals surface area (Å²) in [5.41, 5.74) is 0.0739. The van der Waals surface area contributed by atoms with Gasteiger partial charge >= 0.3 is 6.18 Å². The predicted molar refractivity (Wildman–Crippen MR) is 43.0 cm³/mol. The summed E-state index contributed by atoms with van der Waals surface area (Å²) in [6.07, 6.45) is -3.33. The molecule has 0 aliphatic rings. The maximum atomic E-state index is 12.3. The van der Waals surface area contributed by atoms with Crippen LogP contribution in [0.25, 0.3) is 5.65 Å². The van der Waals surface area contributed by atoms with E-state index in [1.165, 1.54) is 18.3 Å². The van der Waals surface area contributed by atoms with Crippen molar-refractivity contribution in [3.8, 4) is 0 Å². The molecule has 2 aromatic rings. The number of halogens is 4. The second kappa shape index (κ2) is 2.84. The van der Waals surface area contributed by atoms with Gasteiger partial charge in [-0.15, -0.1) is 10.2 Å². The molecule has 14 heavy (non-hydrogen) atoms. The Kier molecular flexibility index (Phi) is 1.88. The molecule has 0 aliphatic heterocycles. The highest BCUT2D eigenvalue weighted by Crippen LogP contribution is 2.28. The third kappa shape index (κ3) is 1.41. The van der Waals surface area contributed by atoms with Crippen molar-refractivity contribution < 1.29 is 13.2 Å². The molecule has 0 saturated carbocycles. The van der Waals surface area contributed by atoms with Gasteiger partial charge in [-0.2, -0.15) is 13.2 Å². The van der Waals surface area contributed by atoms with E-state index in [9.17, 15) is 13.2 Å². The van der Waals surface area contributed by atoms with Gasteiger partial charge in [0.2, 0.25) is 5.82 Å². The molecule has 7 heteroatoms. The minimum atomic E-state index is -4.51. The largest absolute Gasteiger partial charge is 0.452 e. The van der Waals surface area contributed by atoms with E-state index >= 15 is 0 Å². The van der Waals surface area contributed by atoms with Crippen LogP contribution in [0.15, 0.2) is 18.3 Å². The molecule has 0 fully saturated rings. The van der Waals surface area contributed by atoms with Gasteiger partial charge in [-0.25, -0.2) is 0 Å². The van der Waals surface area contributed by atoms with Crippen molar-refractivity contribution in [3.63, 3.8) is 0 Å². The fourth-order valence-corrected chi connectivity index (χ4v) is 1.21. The monoisotopic (exact) mass is 221 g/mol. The minimum Gasteiger partial charge on any atom is -0.279 e. The first-order chi connectivity index (χ1) is 6.48. The number of hydrogen-bond acceptors (Lipinski definition) is 2. The Labute approximate surface area is 81.1 Å². The first kappa shape index (κ1) is 9.26. The molecule has 0 saturated heterocycles. The lowest BCUT2D eigenvalue weighted by Gasteiger charge is -2.02. The van der Waals surface area contributed by atoms with Crippen LogP contribution in [0.2, 0.25) is 5.02 Å². The molecule has 2 heterocycles. The van der Waals surface area contributed by atoms with Crippen LogP contribution in [0.5, 0.6) is 0 Å². The number of alkyl halides is 3. The number of rotatable bonds is 0. The molecule has 0 radical (unpaired) electrons. The Hall–Kier alpha value is -1.30. The van der Waals surface area contributed by atoms with Crippen LogP contribution in [0, 0.1) is 0 Å². The van der Waals surface area contributed by atoms with E-state index in [0.29, 0.717) is 5.02 Å². The minimum absolute atomic E-state index is 0.0739. The van der Waals surface area contributed by atoms with Crippen molar-refractivity contribution in [3.05, 3.63) is 29.2 Å². The van der Waals surface area contributed by atoms with Gasteiger partial charge in [-0.1, -0.05) is 11.6 Å². The summed E-state index contributed by atoms with van der Waals surface area (Å²) in [5, 5.41) is 6.71. The number of hydrogen-bond donors (Lipinski definition) is 0. The fraction of sp³-hybridized carbons (Fsp3) is 0.143. The van der Waals surface area contributed by atoms with Crippen LogP contribution in [0.4, 0.5) is 13.2 Å². The summed E-state index contributed by atoms with van der Waals surface area (Å²) in [7, 11) is 0. The van der Waals surface area contributed by atoms with Crippen molar-refractivity contribution in [1.29, 1.82) is 0 Å². The first-order valence-electron chi connectivity index (χ1n) is 3.56. The van der Waals surface area contributed by atoms with Gasteiger partial charge in [0, 0.05) is 17.3 Å². The van der Waals surface area contributed by atoms with Gasteiger partial charge < -0.3 is 0 Å². The zero-order chi connectivity index (χ0) is 10.3. The van der Waals surface area contributed by atoms with E-state index in [0.717, 1.165) is 4.40 Å². The van der Waals surface area contributed by atoms with E-state index in [1.54, 1.807) is 0 Å². The van der Waals surface area contributed by atoms with Crippen molar-refractivity contribution in [2.75, 3.05) is 0 Å². The molecular weight excluding hydrogens is 219 g/mol. The topological polar surface area (TPSA) is 30.2 Å². The molecule has 0 aromatic carbocycles. The van der Waals surface area contributed by atoms with E-state index < -0.39 is 12.0 Å². The summed E-state index contributed by atoms with van der Waals surface area (Å²) in [6, 6.07) is 2.65. The third-order valence-corrected chi connectivity index (χ3v) is 1.86. The van der Waals surface area contributed by atoms with Crippen molar-refractivity contribution in [2.45, 2.75) is 6.18 Å². The number of fused-ring (bicyclic) bond motifs is 1. The second-order valence-electron chi connectivity index (χ2n) is 2.59. The highest BCUT2D eigenvalue weighted by Gasteiger charge is 2.36. The Morgan fingerprint density at radius 3 is 2.64 bits per heavy atom. The second-order valence-corrected chi connectivity index (χ2v) is 3.03. The molecule has 0 atom stereocenters. The lowest BCUT2D eigenvalue weighted by atomic mass is 10.4. The summed E-state index contributed by atoms with van der Waals surface area (Å²) in [6.45, 7) is 0. The van der Waals surface area contributed by atoms with Gasteiger partial charge in [0.05, 0.1) is 0 Å². The first-order valence-corrected chi connectivity index (χ1v) is 3.94. The van der Waals surface area contributed by atoms with Crippen LogP contribution in [0.1, 0.15) is 5.82 Å². The van der Waals surface area contributed by atoms with Crippen molar-refractivity contribution >= 4 is 17.2 Å². The number of pyridine rings is 1. The highest BCUT2D eigenvalue weighted by atomic mass is 35.5. The number of nitrogens with zero attached hydrogens (tertiary/aromatic N) is 3. The van der Waals surface area contributed by atoms with E-state index in [1.807, 2.05) is 0 Å². The van der Waals surface area contributed by atoms with E-state index in [4.69, 9.17) is 11.6 Å². The van der Waals surface area contributed by atoms with Crippen molar-refractivity contribution in [1.82, 2.24) is 14.6 Å². The van der Waals surface area contributed by atoms with Crippen LogP contribution in [-0.4, -0.2) is 14.6 Å². The normalized spacial score (nSPS) is 12.3. The molecule has 0 spiro atoms. The molecule has 0 aliphatic carbocycles. The quantitative estimate of drug-likeness (QED) is 0.684. The summed E-state index contributed by atoms with van der Waals surface area (Å²) in [4.78, 5) is 0. The molecular formula is C7H3ClF3N3. The molecule has 74 valence electrons. The van der Waals surface area contributed by atoms with E-state index in [2.05, 4.69) is 10.2 Å². The van der Waals surface area contributed by atoms with Gasteiger partial charge in [0.15, 0.2) is 5.65 Å². The van der Waals surface area contributed by atoms with Gasteiger partial charge in [0.25, 0.3) is 0 Å². The SMILES string of the molecule is FC(F)(F)c1nnc2cc(Cl)ccn12. The molecule has 0 amide bonds. The standard InChI is InChI=1S/C7H3ClF3N3/c8-4-1-2-14-5(3-4)12-13-6(14)7(9,10)11/h1-3H. The molecule has 2 rings (SSSR count). The lowest BCUT2D eigenvalue weighted by Crippen LogP contribution is -2.10. The molecule has 2 aromatic heterocycles. The fourth-order valence-electron chi connectivity index (χ4n) is 1.06. The average Bonchev–Trinajstić information content (AvgIpc) is 2.45. The molecule has 0 bridgehead atoms. The Balaban J connectivity index is 2.70. The summed E-state index contributed by atoms with van der Waals surface area (Å²) < 4.78 is 37.7. The van der Waals surface area contributed by atoms with Gasteiger partial charge in [-0.05, 0) is 6.07 Å². The van der Waals surface area contributed by atoms with Crippen LogP contribution < -0.4 is 0 Å². The van der Waals surface area contributed by atoms with Crippen LogP contribution in [0.3, 0.4) is 0 Å². The van der Waals surface area contributed by atoms with Gasteiger partial charge in [-0.3, -0.25) is 4.40 Å². The molecule has 0 unspecified atom stereocenters. The smallest absolute Gasteiger partial charge is 0.279 e.